The minimum Gasteiger partial charge on any atom is -0.492 e. The van der Waals surface area contributed by atoms with Crippen LogP contribution in [0.2, 0.25) is 0 Å². The summed E-state index contributed by atoms with van der Waals surface area (Å²) in [6.45, 7) is 8.75. The molecule has 0 amide bonds. The summed E-state index contributed by atoms with van der Waals surface area (Å²) >= 11 is 0. The van der Waals surface area contributed by atoms with Crippen LogP contribution in [0.1, 0.15) is 25.0 Å². The molecule has 0 radical (unpaired) electrons. The minimum absolute atomic E-state index is 0.0186. The third-order valence-corrected chi connectivity index (χ3v) is 2.57. The maximum absolute atomic E-state index is 9.23. The maximum Gasteiger partial charge on any atom is 0.122 e. The third-order valence-electron chi connectivity index (χ3n) is 2.57. The highest BCUT2D eigenvalue weighted by molar-refractivity contribution is 5.35. The Morgan fingerprint density at radius 1 is 1.29 bits per heavy atom. The van der Waals surface area contributed by atoms with Crippen molar-refractivity contribution in [2.24, 2.45) is 0 Å². The molecular formula is C14H23NO2. The van der Waals surface area contributed by atoms with Crippen LogP contribution in [-0.4, -0.2) is 30.4 Å². The zero-order valence-electron chi connectivity index (χ0n) is 11.2. The van der Waals surface area contributed by atoms with Crippen LogP contribution in [0.4, 0.5) is 0 Å². The van der Waals surface area contributed by atoms with E-state index in [-0.39, 0.29) is 12.6 Å². The van der Waals surface area contributed by atoms with E-state index in [0.717, 1.165) is 11.3 Å². The predicted molar refractivity (Wildman–Crippen MR) is 70.6 cm³/mol. The van der Waals surface area contributed by atoms with Crippen LogP contribution in [0.15, 0.2) is 18.2 Å². The quantitative estimate of drug-likeness (QED) is 0.795. The first kappa shape index (κ1) is 14.0. The molecule has 1 aromatic rings. The van der Waals surface area contributed by atoms with Crippen LogP contribution in [0.25, 0.3) is 0 Å². The van der Waals surface area contributed by atoms with Crippen molar-refractivity contribution in [1.29, 1.82) is 0 Å². The van der Waals surface area contributed by atoms with Gasteiger partial charge in [-0.15, -0.1) is 0 Å². The molecule has 3 nitrogen and oxygen atoms in total. The molecule has 0 fully saturated rings. The average Bonchev–Trinajstić information content (AvgIpc) is 2.28. The number of benzene rings is 1. The van der Waals surface area contributed by atoms with Crippen LogP contribution < -0.4 is 10.1 Å². The highest BCUT2D eigenvalue weighted by Crippen LogP contribution is 2.19. The highest BCUT2D eigenvalue weighted by atomic mass is 16.5. The fraction of sp³-hybridized carbons (Fsp3) is 0.571. The molecule has 0 aliphatic rings. The molecule has 1 aromatic carbocycles. The molecule has 0 bridgehead atoms. The summed E-state index contributed by atoms with van der Waals surface area (Å²) in [4.78, 5) is 0. The Bertz CT molecular complexity index is 350. The molecule has 3 heteroatoms. The largest absolute Gasteiger partial charge is 0.492 e. The predicted octanol–water partition coefficient (Wildman–Crippen LogP) is 2.04. The summed E-state index contributed by atoms with van der Waals surface area (Å²) < 4.78 is 5.75. The molecule has 0 heterocycles. The van der Waals surface area contributed by atoms with E-state index in [4.69, 9.17) is 4.74 Å². The molecule has 0 saturated heterocycles. The van der Waals surface area contributed by atoms with Crippen LogP contribution >= 0.6 is 0 Å². The van der Waals surface area contributed by atoms with Crippen molar-refractivity contribution in [1.82, 2.24) is 5.32 Å². The van der Waals surface area contributed by atoms with Gasteiger partial charge in [0.25, 0.3) is 0 Å². The van der Waals surface area contributed by atoms with Crippen molar-refractivity contribution in [2.75, 3.05) is 13.2 Å². The van der Waals surface area contributed by atoms with Gasteiger partial charge in [0.15, 0.2) is 0 Å². The lowest BCUT2D eigenvalue weighted by Gasteiger charge is -2.20. The van der Waals surface area contributed by atoms with Crippen LogP contribution in [0.3, 0.4) is 0 Å². The Balaban J connectivity index is 2.56. The molecule has 1 atom stereocenters. The van der Waals surface area contributed by atoms with E-state index < -0.39 is 0 Å². The second-order valence-corrected chi connectivity index (χ2v) is 4.78. The monoisotopic (exact) mass is 237 g/mol. The lowest BCUT2D eigenvalue weighted by Crippen LogP contribution is -2.41. The van der Waals surface area contributed by atoms with Gasteiger partial charge in [0.1, 0.15) is 12.4 Å². The van der Waals surface area contributed by atoms with Gasteiger partial charge in [0.05, 0.1) is 12.6 Å². The van der Waals surface area contributed by atoms with Crippen molar-refractivity contribution in [3.63, 3.8) is 0 Å². The standard InChI is InChI=1S/C14H23NO2/c1-10(2)15-13(8-16)9-17-14-7-11(3)5-6-12(14)4/h5-7,10,13,15-16H,8-9H2,1-4H3. The summed E-state index contributed by atoms with van der Waals surface area (Å²) in [6, 6.07) is 6.47. The first-order chi connectivity index (χ1) is 8.02. The second kappa shape index (κ2) is 6.62. The summed E-state index contributed by atoms with van der Waals surface area (Å²) in [6.07, 6.45) is 0. The first-order valence-corrected chi connectivity index (χ1v) is 6.10. The van der Waals surface area contributed by atoms with Gasteiger partial charge in [-0.2, -0.15) is 0 Å². The van der Waals surface area contributed by atoms with Crippen LogP contribution in [0, 0.1) is 13.8 Å². The van der Waals surface area contributed by atoms with E-state index in [1.54, 1.807) is 0 Å². The third kappa shape index (κ3) is 4.75. The van der Waals surface area contributed by atoms with E-state index >= 15 is 0 Å². The number of rotatable bonds is 6. The van der Waals surface area contributed by atoms with Gasteiger partial charge in [-0.05, 0) is 31.0 Å². The lowest BCUT2D eigenvalue weighted by atomic mass is 10.1. The van der Waals surface area contributed by atoms with Crippen molar-refractivity contribution < 1.29 is 9.84 Å². The van der Waals surface area contributed by atoms with Gasteiger partial charge in [-0.25, -0.2) is 0 Å². The minimum atomic E-state index is -0.0186. The zero-order valence-corrected chi connectivity index (χ0v) is 11.2. The van der Waals surface area contributed by atoms with E-state index in [9.17, 15) is 5.11 Å². The number of nitrogens with one attached hydrogen (secondary N) is 1. The van der Waals surface area contributed by atoms with Crippen molar-refractivity contribution in [3.05, 3.63) is 29.3 Å². The number of hydrogen-bond donors (Lipinski definition) is 2. The van der Waals surface area contributed by atoms with Crippen molar-refractivity contribution in [3.8, 4) is 5.75 Å². The number of aliphatic hydroxyl groups is 1. The topological polar surface area (TPSA) is 41.5 Å². The van der Waals surface area contributed by atoms with Gasteiger partial charge in [0, 0.05) is 6.04 Å². The smallest absolute Gasteiger partial charge is 0.122 e. The summed E-state index contributed by atoms with van der Waals surface area (Å²) in [5.74, 6) is 0.897. The van der Waals surface area contributed by atoms with Gasteiger partial charge in [-0.3, -0.25) is 0 Å². The SMILES string of the molecule is Cc1ccc(C)c(OCC(CO)NC(C)C)c1. The molecule has 1 unspecified atom stereocenters. The van der Waals surface area contributed by atoms with Crippen molar-refractivity contribution in [2.45, 2.75) is 39.8 Å². The van der Waals surface area contributed by atoms with Crippen LogP contribution in [-0.2, 0) is 0 Å². The van der Waals surface area contributed by atoms with E-state index in [2.05, 4.69) is 31.3 Å². The summed E-state index contributed by atoms with van der Waals surface area (Å²) in [5.41, 5.74) is 2.31. The Morgan fingerprint density at radius 2 is 2.00 bits per heavy atom. The molecule has 2 N–H and O–H groups in total. The first-order valence-electron chi connectivity index (χ1n) is 6.10. The molecule has 0 aliphatic carbocycles. The Labute approximate surface area is 104 Å². The number of aliphatic hydroxyl groups excluding tert-OH is 1. The number of ether oxygens (including phenoxy) is 1. The van der Waals surface area contributed by atoms with Gasteiger partial charge in [0.2, 0.25) is 0 Å². The maximum atomic E-state index is 9.23. The fourth-order valence-corrected chi connectivity index (χ4v) is 1.68. The van der Waals surface area contributed by atoms with Gasteiger partial charge in [-0.1, -0.05) is 26.0 Å². The number of hydrogen-bond acceptors (Lipinski definition) is 3. The molecule has 17 heavy (non-hydrogen) atoms. The van der Waals surface area contributed by atoms with E-state index in [0.29, 0.717) is 12.6 Å². The van der Waals surface area contributed by atoms with E-state index in [1.165, 1.54) is 5.56 Å². The van der Waals surface area contributed by atoms with Crippen molar-refractivity contribution >= 4 is 0 Å². The molecule has 0 aromatic heterocycles. The normalized spacial score (nSPS) is 12.8. The molecule has 0 aliphatic heterocycles. The highest BCUT2D eigenvalue weighted by Gasteiger charge is 2.10. The Hall–Kier alpha value is -1.06. The molecular weight excluding hydrogens is 214 g/mol. The Morgan fingerprint density at radius 3 is 2.59 bits per heavy atom. The van der Waals surface area contributed by atoms with Gasteiger partial charge >= 0.3 is 0 Å². The molecule has 1 rings (SSSR count). The average molecular weight is 237 g/mol. The van der Waals surface area contributed by atoms with Gasteiger partial charge < -0.3 is 15.2 Å². The zero-order chi connectivity index (χ0) is 12.8. The molecule has 0 spiro atoms. The van der Waals surface area contributed by atoms with E-state index in [1.807, 2.05) is 19.9 Å². The lowest BCUT2D eigenvalue weighted by molar-refractivity contribution is 0.176. The fourth-order valence-electron chi connectivity index (χ4n) is 1.68. The Kier molecular flexibility index (Phi) is 5.45. The summed E-state index contributed by atoms with van der Waals surface area (Å²) in [5, 5.41) is 12.5. The second-order valence-electron chi connectivity index (χ2n) is 4.78. The molecule has 96 valence electrons. The molecule has 0 saturated carbocycles. The van der Waals surface area contributed by atoms with Crippen LogP contribution in [0.5, 0.6) is 5.75 Å². The summed E-state index contributed by atoms with van der Waals surface area (Å²) in [7, 11) is 0. The number of aryl methyl sites for hydroxylation is 2.